The molecule has 0 spiro atoms. The third-order valence-electron chi connectivity index (χ3n) is 3.16. The van der Waals surface area contributed by atoms with Crippen LogP contribution in [0.5, 0.6) is 0 Å². The zero-order chi connectivity index (χ0) is 17.2. The number of rotatable bonds is 5. The zero-order valence-corrected chi connectivity index (χ0v) is 17.5. The van der Waals surface area contributed by atoms with E-state index >= 15 is 0 Å². The molecule has 0 aliphatic carbocycles. The molecular weight excluding hydrogens is 460 g/mol. The van der Waals surface area contributed by atoms with E-state index in [1.54, 1.807) is 12.3 Å². The predicted molar refractivity (Wildman–Crippen MR) is 98.5 cm³/mol. The van der Waals surface area contributed by atoms with Crippen molar-refractivity contribution in [2.24, 2.45) is 0 Å². The largest absolute Gasteiger partial charge is 0.512 e. The van der Waals surface area contributed by atoms with Crippen LogP contribution in [0.3, 0.4) is 0 Å². The smallest absolute Gasteiger partial charge is 0.189 e. The number of aliphatic hydroxyl groups excluding tert-OH is 1. The SMILES string of the molecule is C/C(O)=C/C(=O)c1ccc2ccccc2c1.CCCCS(C)=O.[Eu]. The fraction of sp³-hybridized carbons (Fsp3) is 0.316. The van der Waals surface area contributed by atoms with Crippen LogP contribution in [0.4, 0.5) is 0 Å². The number of unbranched alkanes of at least 4 members (excludes halogenated alkanes) is 1. The standard InChI is InChI=1S/C14H12O2.C5H12OS.Eu/c1-10(15)8-14(16)13-7-6-11-4-2-3-5-12(11)9-13;1-3-4-5-7(2)6;/h2-9,15H,1H3;3-5H2,1-2H3;/b10-8-;;. The topological polar surface area (TPSA) is 54.4 Å². The minimum Gasteiger partial charge on any atom is -0.512 e. The summed E-state index contributed by atoms with van der Waals surface area (Å²) < 4.78 is 10.3. The maximum absolute atomic E-state index is 11.7. The van der Waals surface area contributed by atoms with Gasteiger partial charge < -0.3 is 5.11 Å². The van der Waals surface area contributed by atoms with Gasteiger partial charge >= 0.3 is 0 Å². The van der Waals surface area contributed by atoms with E-state index in [2.05, 4.69) is 6.92 Å². The van der Waals surface area contributed by atoms with Crippen molar-refractivity contribution < 1.29 is 63.5 Å². The monoisotopic (exact) mass is 485 g/mol. The molecule has 0 aliphatic rings. The average molecular weight is 484 g/mol. The first-order chi connectivity index (χ1) is 10.9. The van der Waals surface area contributed by atoms with Crippen LogP contribution in [-0.2, 0) is 10.8 Å². The Morgan fingerprint density at radius 2 is 1.79 bits per heavy atom. The van der Waals surface area contributed by atoms with Gasteiger partial charge in [0.15, 0.2) is 5.78 Å². The molecule has 0 fully saturated rings. The van der Waals surface area contributed by atoms with Gasteiger partial charge in [0.25, 0.3) is 0 Å². The van der Waals surface area contributed by atoms with Crippen LogP contribution in [0.1, 0.15) is 37.0 Å². The number of fused-ring (bicyclic) bond motifs is 1. The summed E-state index contributed by atoms with van der Waals surface area (Å²) in [7, 11) is -0.565. The molecule has 0 saturated heterocycles. The molecule has 0 amide bonds. The Hall–Kier alpha value is -0.356. The van der Waals surface area contributed by atoms with Crippen molar-refractivity contribution in [3.63, 3.8) is 0 Å². The molecule has 0 heterocycles. The van der Waals surface area contributed by atoms with Gasteiger partial charge in [-0.15, -0.1) is 0 Å². The van der Waals surface area contributed by atoms with E-state index in [0.717, 1.165) is 29.4 Å². The van der Waals surface area contributed by atoms with Crippen molar-refractivity contribution in [3.8, 4) is 0 Å². The Labute approximate surface area is 187 Å². The molecule has 1 atom stereocenters. The number of hydrogen-bond acceptors (Lipinski definition) is 3. The van der Waals surface area contributed by atoms with Gasteiger partial charge in [-0.2, -0.15) is 0 Å². The van der Waals surface area contributed by atoms with Gasteiger partial charge in [0.2, 0.25) is 0 Å². The number of carbonyl (C=O) groups excluding carboxylic acids is 1. The minimum absolute atomic E-state index is 0. The van der Waals surface area contributed by atoms with Gasteiger partial charge in [0, 0.05) is 83.8 Å². The Balaban J connectivity index is 0.000000570. The molecule has 0 aromatic heterocycles. The van der Waals surface area contributed by atoms with Gasteiger partial charge in [0.1, 0.15) is 0 Å². The number of allylic oxidation sites excluding steroid dienone is 2. The van der Waals surface area contributed by atoms with Crippen LogP contribution >= 0.6 is 0 Å². The van der Waals surface area contributed by atoms with Gasteiger partial charge in [-0.05, 0) is 30.2 Å². The van der Waals surface area contributed by atoms with E-state index in [4.69, 9.17) is 5.11 Å². The van der Waals surface area contributed by atoms with Crippen molar-refractivity contribution in [1.29, 1.82) is 0 Å². The van der Waals surface area contributed by atoms with E-state index in [1.165, 1.54) is 13.0 Å². The summed E-state index contributed by atoms with van der Waals surface area (Å²) in [6, 6.07) is 13.4. The molecule has 1 radical (unpaired) electrons. The Bertz CT molecular complexity index is 707. The molecule has 1 N–H and O–H groups in total. The van der Waals surface area contributed by atoms with E-state index < -0.39 is 10.8 Å². The fourth-order valence-corrected chi connectivity index (χ4v) is 2.66. The molecule has 3 nitrogen and oxygen atoms in total. The van der Waals surface area contributed by atoms with E-state index in [-0.39, 0.29) is 60.9 Å². The Kier molecular flexibility index (Phi) is 12.7. The summed E-state index contributed by atoms with van der Waals surface area (Å²) in [5.41, 5.74) is 0.590. The van der Waals surface area contributed by atoms with Gasteiger partial charge in [0.05, 0.1) is 5.76 Å². The summed E-state index contributed by atoms with van der Waals surface area (Å²) in [4.78, 5) is 11.7. The van der Waals surface area contributed by atoms with Gasteiger partial charge in [-0.25, -0.2) is 0 Å². The molecule has 2 aromatic rings. The summed E-state index contributed by atoms with van der Waals surface area (Å²) in [6.45, 7) is 3.59. The molecule has 0 aliphatic heterocycles. The van der Waals surface area contributed by atoms with Crippen LogP contribution in [0.2, 0.25) is 0 Å². The van der Waals surface area contributed by atoms with Gasteiger partial charge in [-0.1, -0.05) is 49.7 Å². The second-order valence-electron chi connectivity index (χ2n) is 5.34. The zero-order valence-electron chi connectivity index (χ0n) is 14.3. The quantitative estimate of drug-likeness (QED) is 0.382. The Morgan fingerprint density at radius 1 is 1.17 bits per heavy atom. The van der Waals surface area contributed by atoms with Crippen molar-refractivity contribution in [2.45, 2.75) is 26.7 Å². The molecule has 0 saturated carbocycles. The van der Waals surface area contributed by atoms with Crippen molar-refractivity contribution in [2.75, 3.05) is 12.0 Å². The number of hydrogen-bond donors (Lipinski definition) is 1. The Morgan fingerprint density at radius 3 is 2.29 bits per heavy atom. The van der Waals surface area contributed by atoms with Crippen LogP contribution in [-0.4, -0.2) is 27.1 Å². The summed E-state index contributed by atoms with van der Waals surface area (Å²) in [5, 5.41) is 11.2. The van der Waals surface area contributed by atoms with Crippen LogP contribution in [0.15, 0.2) is 54.3 Å². The van der Waals surface area contributed by atoms with Crippen molar-refractivity contribution in [3.05, 3.63) is 59.9 Å². The second kappa shape index (κ2) is 12.9. The first kappa shape index (κ1) is 23.6. The van der Waals surface area contributed by atoms with Gasteiger partial charge in [-0.3, -0.25) is 9.00 Å². The summed E-state index contributed by atoms with van der Waals surface area (Å²) in [6.07, 6.45) is 5.22. The molecule has 2 rings (SSSR count). The van der Waals surface area contributed by atoms with Crippen molar-refractivity contribution in [1.82, 2.24) is 0 Å². The van der Waals surface area contributed by atoms with Crippen molar-refractivity contribution >= 4 is 27.4 Å². The third kappa shape index (κ3) is 9.21. The minimum atomic E-state index is -0.565. The maximum atomic E-state index is 11.7. The molecule has 0 bridgehead atoms. The number of ketones is 1. The first-order valence-corrected chi connectivity index (χ1v) is 9.37. The number of aliphatic hydroxyl groups is 1. The predicted octanol–water partition coefficient (Wildman–Crippen LogP) is 4.65. The number of benzene rings is 2. The van der Waals surface area contributed by atoms with Crippen LogP contribution < -0.4 is 0 Å². The summed E-state index contributed by atoms with van der Waals surface area (Å²) >= 11 is 0. The first-order valence-electron chi connectivity index (χ1n) is 7.64. The third-order valence-corrected chi connectivity index (χ3v) is 4.02. The molecule has 24 heavy (non-hydrogen) atoms. The van der Waals surface area contributed by atoms with Crippen LogP contribution in [0.25, 0.3) is 10.8 Å². The summed E-state index contributed by atoms with van der Waals surface area (Å²) in [5.74, 6) is 0.722. The molecule has 131 valence electrons. The average Bonchev–Trinajstić information content (AvgIpc) is 2.52. The number of carbonyl (C=O) groups is 1. The molecule has 1 unspecified atom stereocenters. The van der Waals surface area contributed by atoms with E-state index in [9.17, 15) is 9.00 Å². The second-order valence-corrected chi connectivity index (χ2v) is 6.90. The van der Waals surface area contributed by atoms with E-state index in [1.807, 2.05) is 36.4 Å². The molecular formula is C19H24EuO3S. The van der Waals surface area contributed by atoms with E-state index in [0.29, 0.717) is 5.56 Å². The normalized spacial score (nSPS) is 11.9. The molecule has 2 aromatic carbocycles. The fourth-order valence-electron chi connectivity index (χ4n) is 1.96. The molecule has 5 heteroatoms. The maximum Gasteiger partial charge on any atom is 0.189 e. The van der Waals surface area contributed by atoms with Crippen LogP contribution in [0, 0.1) is 49.4 Å².